The number of aliphatic hydroxyl groups excluding tert-OH is 1. The topological polar surface area (TPSA) is 56.7 Å². The lowest BCUT2D eigenvalue weighted by molar-refractivity contribution is 0.134. The lowest BCUT2D eigenvalue weighted by atomic mass is 9.96. The van der Waals surface area contributed by atoms with Gasteiger partial charge in [0.05, 0.1) is 6.10 Å². The van der Waals surface area contributed by atoms with Gasteiger partial charge in [-0.1, -0.05) is 34.5 Å². The molecule has 24 heavy (non-hydrogen) atoms. The van der Waals surface area contributed by atoms with Gasteiger partial charge >= 0.3 is 0 Å². The van der Waals surface area contributed by atoms with Gasteiger partial charge < -0.3 is 15.7 Å². The molecule has 0 amide bonds. The highest BCUT2D eigenvalue weighted by molar-refractivity contribution is 14.0. The number of hydrogen-bond acceptors (Lipinski definition) is 2. The smallest absolute Gasteiger partial charge is 0.191 e. The number of guanidine groups is 1. The second-order valence-electron chi connectivity index (χ2n) is 6.86. The van der Waals surface area contributed by atoms with Gasteiger partial charge in [0, 0.05) is 35.9 Å². The van der Waals surface area contributed by atoms with Crippen molar-refractivity contribution in [3.8, 4) is 0 Å². The van der Waals surface area contributed by atoms with Crippen molar-refractivity contribution in [1.29, 1.82) is 0 Å². The van der Waals surface area contributed by atoms with Gasteiger partial charge in [-0.05, 0) is 43.4 Å². The van der Waals surface area contributed by atoms with Crippen molar-refractivity contribution in [3.05, 3.63) is 34.3 Å². The molecule has 3 rings (SSSR count). The molecule has 2 fully saturated rings. The van der Waals surface area contributed by atoms with Crippen molar-refractivity contribution in [2.75, 3.05) is 20.1 Å². The van der Waals surface area contributed by atoms with E-state index in [1.165, 1.54) is 18.4 Å². The SMILES string of the molecule is CN=C(NCC1CCCC1O)NCC1(c2cccc(Br)c2)CC1.I. The molecule has 0 saturated heterocycles. The van der Waals surface area contributed by atoms with Gasteiger partial charge in [-0.2, -0.15) is 0 Å². The number of rotatable bonds is 5. The lowest BCUT2D eigenvalue weighted by Crippen LogP contribution is -2.43. The van der Waals surface area contributed by atoms with Gasteiger partial charge in [0.1, 0.15) is 0 Å². The molecule has 1 aromatic rings. The van der Waals surface area contributed by atoms with Crippen LogP contribution in [0.3, 0.4) is 0 Å². The van der Waals surface area contributed by atoms with E-state index >= 15 is 0 Å². The number of hydrogen-bond donors (Lipinski definition) is 3. The first-order valence-corrected chi connectivity index (χ1v) is 9.31. The quantitative estimate of drug-likeness (QED) is 0.325. The summed E-state index contributed by atoms with van der Waals surface area (Å²) in [6, 6.07) is 8.61. The van der Waals surface area contributed by atoms with E-state index in [-0.39, 0.29) is 35.5 Å². The summed E-state index contributed by atoms with van der Waals surface area (Å²) in [6.07, 6.45) is 5.45. The normalized spacial score (nSPS) is 25.0. The molecule has 0 heterocycles. The van der Waals surface area contributed by atoms with Crippen molar-refractivity contribution in [1.82, 2.24) is 10.6 Å². The zero-order chi connectivity index (χ0) is 16.3. The minimum Gasteiger partial charge on any atom is -0.393 e. The molecule has 134 valence electrons. The van der Waals surface area contributed by atoms with Gasteiger partial charge in [0.2, 0.25) is 0 Å². The van der Waals surface area contributed by atoms with E-state index < -0.39 is 0 Å². The van der Waals surface area contributed by atoms with Crippen LogP contribution in [-0.2, 0) is 5.41 Å². The fourth-order valence-corrected chi connectivity index (χ4v) is 3.89. The van der Waals surface area contributed by atoms with E-state index in [4.69, 9.17) is 0 Å². The molecule has 0 aromatic heterocycles. The molecule has 2 unspecified atom stereocenters. The largest absolute Gasteiger partial charge is 0.393 e. The van der Waals surface area contributed by atoms with Crippen LogP contribution < -0.4 is 10.6 Å². The fourth-order valence-electron chi connectivity index (χ4n) is 3.49. The first-order chi connectivity index (χ1) is 11.1. The standard InChI is InChI=1S/C18H26BrN3O.HI/c1-20-17(21-11-13-4-2-7-16(13)23)22-12-18(8-9-18)14-5-3-6-15(19)10-14;/h3,5-6,10,13,16,23H,2,4,7-9,11-12H2,1H3,(H2,20,21,22);1H. The highest BCUT2D eigenvalue weighted by atomic mass is 127. The van der Waals surface area contributed by atoms with E-state index in [1.54, 1.807) is 7.05 Å². The predicted molar refractivity (Wildman–Crippen MR) is 113 cm³/mol. The Hall–Kier alpha value is -0.340. The molecular formula is C18H27BrIN3O. The molecule has 0 radical (unpaired) electrons. The summed E-state index contributed by atoms with van der Waals surface area (Å²) < 4.78 is 1.14. The zero-order valence-electron chi connectivity index (χ0n) is 14.1. The second-order valence-corrected chi connectivity index (χ2v) is 7.77. The van der Waals surface area contributed by atoms with Crippen LogP contribution in [0, 0.1) is 5.92 Å². The van der Waals surface area contributed by atoms with Crippen LogP contribution in [0.5, 0.6) is 0 Å². The molecule has 4 nitrogen and oxygen atoms in total. The number of nitrogens with one attached hydrogen (secondary N) is 2. The summed E-state index contributed by atoms with van der Waals surface area (Å²) >= 11 is 3.56. The average molecular weight is 508 g/mol. The second kappa shape index (κ2) is 8.85. The third-order valence-electron chi connectivity index (χ3n) is 5.26. The lowest BCUT2D eigenvalue weighted by Gasteiger charge is -2.21. The zero-order valence-corrected chi connectivity index (χ0v) is 18.0. The van der Waals surface area contributed by atoms with E-state index in [2.05, 4.69) is 55.8 Å². The van der Waals surface area contributed by atoms with Crippen molar-refractivity contribution >= 4 is 45.9 Å². The van der Waals surface area contributed by atoms with Gasteiger partial charge in [-0.3, -0.25) is 4.99 Å². The van der Waals surface area contributed by atoms with E-state index in [1.807, 2.05) is 0 Å². The Labute approximate surface area is 170 Å². The van der Waals surface area contributed by atoms with Crippen LogP contribution in [0.15, 0.2) is 33.7 Å². The van der Waals surface area contributed by atoms with E-state index in [0.29, 0.717) is 5.92 Å². The molecule has 1 aromatic carbocycles. The molecule has 2 atom stereocenters. The third kappa shape index (κ3) is 4.85. The highest BCUT2D eigenvalue weighted by Gasteiger charge is 2.44. The number of halogens is 2. The van der Waals surface area contributed by atoms with Crippen molar-refractivity contribution in [2.45, 2.75) is 43.6 Å². The Morgan fingerprint density at radius 2 is 2.12 bits per heavy atom. The molecule has 6 heteroatoms. The molecular weight excluding hydrogens is 481 g/mol. The summed E-state index contributed by atoms with van der Waals surface area (Å²) in [5, 5.41) is 16.8. The molecule has 0 bridgehead atoms. The third-order valence-corrected chi connectivity index (χ3v) is 5.75. The van der Waals surface area contributed by atoms with Crippen LogP contribution in [0.4, 0.5) is 0 Å². The monoisotopic (exact) mass is 507 g/mol. The Morgan fingerprint density at radius 3 is 2.71 bits per heavy atom. The van der Waals surface area contributed by atoms with Crippen LogP contribution in [0.1, 0.15) is 37.7 Å². The Morgan fingerprint density at radius 1 is 1.33 bits per heavy atom. The van der Waals surface area contributed by atoms with Crippen LogP contribution >= 0.6 is 39.9 Å². The van der Waals surface area contributed by atoms with E-state index in [0.717, 1.165) is 42.8 Å². The fraction of sp³-hybridized carbons (Fsp3) is 0.611. The Balaban J connectivity index is 0.00000208. The van der Waals surface area contributed by atoms with Crippen LogP contribution in [0.25, 0.3) is 0 Å². The summed E-state index contributed by atoms with van der Waals surface area (Å²) in [4.78, 5) is 4.32. The average Bonchev–Trinajstić information content (AvgIpc) is 3.24. The maximum absolute atomic E-state index is 9.91. The molecule has 3 N–H and O–H groups in total. The summed E-state index contributed by atoms with van der Waals surface area (Å²) in [5.74, 6) is 1.19. The molecule has 0 aliphatic heterocycles. The summed E-state index contributed by atoms with van der Waals surface area (Å²) in [5.41, 5.74) is 1.63. The number of aliphatic imine (C=N–C) groups is 1. The van der Waals surface area contributed by atoms with Gasteiger partial charge in [-0.15, -0.1) is 24.0 Å². The summed E-state index contributed by atoms with van der Waals surface area (Å²) in [7, 11) is 1.80. The van der Waals surface area contributed by atoms with Gasteiger partial charge in [0.15, 0.2) is 5.96 Å². The maximum Gasteiger partial charge on any atom is 0.191 e. The van der Waals surface area contributed by atoms with Crippen LogP contribution in [0.2, 0.25) is 0 Å². The number of nitrogens with zero attached hydrogens (tertiary/aromatic N) is 1. The Bertz CT molecular complexity index is 577. The van der Waals surface area contributed by atoms with Gasteiger partial charge in [-0.25, -0.2) is 0 Å². The summed E-state index contributed by atoms with van der Waals surface area (Å²) in [6.45, 7) is 1.70. The van der Waals surface area contributed by atoms with Crippen molar-refractivity contribution in [3.63, 3.8) is 0 Å². The minimum atomic E-state index is -0.156. The van der Waals surface area contributed by atoms with Crippen molar-refractivity contribution in [2.24, 2.45) is 10.9 Å². The van der Waals surface area contributed by atoms with E-state index in [9.17, 15) is 5.11 Å². The molecule has 2 saturated carbocycles. The van der Waals surface area contributed by atoms with Gasteiger partial charge in [0.25, 0.3) is 0 Å². The van der Waals surface area contributed by atoms with Crippen LogP contribution in [-0.4, -0.2) is 37.3 Å². The maximum atomic E-state index is 9.91. The number of benzene rings is 1. The molecule has 2 aliphatic rings. The highest BCUT2D eigenvalue weighted by Crippen LogP contribution is 2.48. The first-order valence-electron chi connectivity index (χ1n) is 8.52. The first kappa shape index (κ1) is 20.0. The molecule has 2 aliphatic carbocycles. The minimum absolute atomic E-state index is 0. The van der Waals surface area contributed by atoms with Crippen molar-refractivity contribution < 1.29 is 5.11 Å². The predicted octanol–water partition coefficient (Wildman–Crippen LogP) is 3.42. The Kier molecular flexibility index (Phi) is 7.37. The molecule has 0 spiro atoms. The number of aliphatic hydroxyl groups is 1.